The third kappa shape index (κ3) is 5.13. The van der Waals surface area contributed by atoms with E-state index in [0.717, 1.165) is 41.5 Å². The van der Waals surface area contributed by atoms with Gasteiger partial charge in [0.1, 0.15) is 12.4 Å². The van der Waals surface area contributed by atoms with Crippen molar-refractivity contribution in [1.82, 2.24) is 19.8 Å². The number of imidazole rings is 1. The molecule has 1 N–H and O–H groups in total. The van der Waals surface area contributed by atoms with Gasteiger partial charge < -0.3 is 14.8 Å². The molecule has 2 aromatic carbocycles. The van der Waals surface area contributed by atoms with Gasteiger partial charge in [-0.1, -0.05) is 43.2 Å². The minimum atomic E-state index is -0.352. The predicted molar refractivity (Wildman–Crippen MR) is 124 cm³/mol. The van der Waals surface area contributed by atoms with Gasteiger partial charge in [0.2, 0.25) is 5.91 Å². The molecule has 0 radical (unpaired) electrons. The first-order valence-electron chi connectivity index (χ1n) is 10.9. The lowest BCUT2D eigenvalue weighted by atomic mass is 10.0. The molecule has 1 unspecified atom stereocenters. The summed E-state index contributed by atoms with van der Waals surface area (Å²) in [5, 5.41) is 3.06. The number of fused-ring (bicyclic) bond motifs is 1. The van der Waals surface area contributed by atoms with Gasteiger partial charge in [-0.3, -0.25) is 9.59 Å². The normalized spacial score (nSPS) is 12.0. The smallest absolute Gasteiger partial charge is 0.252 e. The quantitative estimate of drug-likeness (QED) is 0.587. The first-order valence-corrected chi connectivity index (χ1v) is 10.9. The number of aromatic nitrogens is 2. The van der Waals surface area contributed by atoms with Gasteiger partial charge in [0.15, 0.2) is 0 Å². The number of amides is 2. The number of unbranched alkanes of at least 4 members (excludes halogenated alkanes) is 1. The van der Waals surface area contributed by atoms with Crippen LogP contribution in [0.5, 0.6) is 0 Å². The first kappa shape index (κ1) is 22.5. The van der Waals surface area contributed by atoms with E-state index < -0.39 is 0 Å². The second kappa shape index (κ2) is 9.77. The Labute approximate surface area is 184 Å². The zero-order chi connectivity index (χ0) is 22.5. The Morgan fingerprint density at radius 3 is 2.61 bits per heavy atom. The highest BCUT2D eigenvalue weighted by Crippen LogP contribution is 2.22. The van der Waals surface area contributed by atoms with Crippen molar-refractivity contribution in [2.75, 3.05) is 13.6 Å². The van der Waals surface area contributed by atoms with Gasteiger partial charge in [0.05, 0.1) is 17.1 Å². The number of carbonyl (C=O) groups is 2. The summed E-state index contributed by atoms with van der Waals surface area (Å²) < 4.78 is 1.92. The van der Waals surface area contributed by atoms with Crippen molar-refractivity contribution in [3.05, 3.63) is 65.0 Å². The number of para-hydroxylation sites is 2. The standard InChI is InChI=1S/C25H32N4O2/c1-6-7-14-28(5)23(30)16-29-22-11-9-8-10-21(22)27-24(29)19(4)26-25(31)20-13-12-17(2)15-18(20)3/h8-13,15,19H,6-7,14,16H2,1-5H3,(H,26,31). The predicted octanol–water partition coefficient (Wildman–Crippen LogP) is 4.40. The van der Waals surface area contributed by atoms with Gasteiger partial charge in [-0.2, -0.15) is 0 Å². The molecule has 0 bridgehead atoms. The summed E-state index contributed by atoms with van der Waals surface area (Å²) in [6.07, 6.45) is 2.01. The second-order valence-corrected chi connectivity index (χ2v) is 8.23. The van der Waals surface area contributed by atoms with Crippen LogP contribution in [0.3, 0.4) is 0 Å². The minimum Gasteiger partial charge on any atom is -0.344 e. The summed E-state index contributed by atoms with van der Waals surface area (Å²) in [4.78, 5) is 32.3. The zero-order valence-corrected chi connectivity index (χ0v) is 19.1. The molecule has 0 saturated heterocycles. The first-order chi connectivity index (χ1) is 14.8. The fourth-order valence-corrected chi connectivity index (χ4v) is 3.77. The van der Waals surface area contributed by atoms with Crippen molar-refractivity contribution in [3.8, 4) is 0 Å². The largest absolute Gasteiger partial charge is 0.344 e. The maximum absolute atomic E-state index is 12.9. The van der Waals surface area contributed by atoms with Crippen molar-refractivity contribution in [2.24, 2.45) is 0 Å². The number of hydrogen-bond acceptors (Lipinski definition) is 3. The molecule has 6 nitrogen and oxygen atoms in total. The molecule has 3 rings (SSSR count). The number of carbonyl (C=O) groups excluding carboxylic acids is 2. The fraction of sp³-hybridized carbons (Fsp3) is 0.400. The Morgan fingerprint density at radius 2 is 1.90 bits per heavy atom. The van der Waals surface area contributed by atoms with Gasteiger partial charge in [-0.05, 0) is 51.0 Å². The summed E-state index contributed by atoms with van der Waals surface area (Å²) in [6, 6.07) is 13.2. The summed E-state index contributed by atoms with van der Waals surface area (Å²) in [5.41, 5.74) is 4.41. The third-order valence-electron chi connectivity index (χ3n) is 5.61. The molecule has 0 aliphatic heterocycles. The fourth-order valence-electron chi connectivity index (χ4n) is 3.77. The minimum absolute atomic E-state index is 0.0331. The average Bonchev–Trinajstić information content (AvgIpc) is 3.10. The summed E-state index contributed by atoms with van der Waals surface area (Å²) in [5.74, 6) is 0.567. The van der Waals surface area contributed by atoms with Crippen molar-refractivity contribution >= 4 is 22.8 Å². The Kier molecular flexibility index (Phi) is 7.10. The topological polar surface area (TPSA) is 67.2 Å². The van der Waals surface area contributed by atoms with E-state index in [1.54, 1.807) is 4.90 Å². The Balaban J connectivity index is 1.87. The highest BCUT2D eigenvalue weighted by molar-refractivity contribution is 5.96. The highest BCUT2D eigenvalue weighted by Gasteiger charge is 2.22. The molecular weight excluding hydrogens is 388 g/mol. The summed E-state index contributed by atoms with van der Waals surface area (Å²) in [6.45, 7) is 8.89. The molecular formula is C25H32N4O2. The van der Waals surface area contributed by atoms with Crippen LogP contribution in [0, 0.1) is 13.8 Å². The summed E-state index contributed by atoms with van der Waals surface area (Å²) >= 11 is 0. The Morgan fingerprint density at radius 1 is 1.16 bits per heavy atom. The number of rotatable bonds is 8. The molecule has 6 heteroatoms. The molecule has 1 atom stereocenters. The van der Waals surface area contributed by atoms with E-state index in [2.05, 4.69) is 12.2 Å². The van der Waals surface area contributed by atoms with Crippen LogP contribution in [0.25, 0.3) is 11.0 Å². The molecule has 1 aromatic heterocycles. The van der Waals surface area contributed by atoms with E-state index in [1.165, 1.54) is 0 Å². The molecule has 1 heterocycles. The number of aryl methyl sites for hydroxylation is 2. The Hall–Kier alpha value is -3.15. The van der Waals surface area contributed by atoms with Crippen LogP contribution in [0.15, 0.2) is 42.5 Å². The number of hydrogen-bond donors (Lipinski definition) is 1. The van der Waals surface area contributed by atoms with Gasteiger partial charge in [-0.15, -0.1) is 0 Å². The number of nitrogens with zero attached hydrogens (tertiary/aromatic N) is 3. The van der Waals surface area contributed by atoms with E-state index in [-0.39, 0.29) is 24.4 Å². The molecule has 0 spiro atoms. The zero-order valence-electron chi connectivity index (χ0n) is 19.1. The van der Waals surface area contributed by atoms with Crippen LogP contribution < -0.4 is 5.32 Å². The molecule has 164 valence electrons. The van der Waals surface area contributed by atoms with Crippen LogP contribution >= 0.6 is 0 Å². The number of nitrogens with one attached hydrogen (secondary N) is 1. The average molecular weight is 421 g/mol. The lowest BCUT2D eigenvalue weighted by molar-refractivity contribution is -0.130. The molecule has 0 aliphatic rings. The van der Waals surface area contributed by atoms with Crippen molar-refractivity contribution < 1.29 is 9.59 Å². The van der Waals surface area contributed by atoms with Crippen LogP contribution in [-0.2, 0) is 11.3 Å². The van der Waals surface area contributed by atoms with Crippen molar-refractivity contribution in [3.63, 3.8) is 0 Å². The Bertz CT molecular complexity index is 1090. The molecule has 3 aromatic rings. The molecule has 2 amide bonds. The van der Waals surface area contributed by atoms with Gasteiger partial charge in [0.25, 0.3) is 5.91 Å². The van der Waals surface area contributed by atoms with Crippen LogP contribution in [0.2, 0.25) is 0 Å². The summed E-state index contributed by atoms with van der Waals surface area (Å²) in [7, 11) is 1.84. The molecule has 31 heavy (non-hydrogen) atoms. The van der Waals surface area contributed by atoms with Gasteiger partial charge in [0, 0.05) is 19.2 Å². The number of likely N-dealkylation sites (N-methyl/N-ethyl adjacent to an activating group) is 1. The maximum atomic E-state index is 12.9. The van der Waals surface area contributed by atoms with Crippen LogP contribution in [-0.4, -0.2) is 39.9 Å². The molecule has 0 aliphatic carbocycles. The maximum Gasteiger partial charge on any atom is 0.252 e. The van der Waals surface area contributed by atoms with Crippen molar-refractivity contribution in [1.29, 1.82) is 0 Å². The van der Waals surface area contributed by atoms with Crippen LogP contribution in [0.4, 0.5) is 0 Å². The van der Waals surface area contributed by atoms with E-state index in [1.807, 2.05) is 74.9 Å². The number of benzene rings is 2. The van der Waals surface area contributed by atoms with E-state index in [4.69, 9.17) is 4.98 Å². The van der Waals surface area contributed by atoms with E-state index in [0.29, 0.717) is 11.4 Å². The second-order valence-electron chi connectivity index (χ2n) is 8.23. The van der Waals surface area contributed by atoms with Crippen LogP contribution in [0.1, 0.15) is 60.0 Å². The lowest BCUT2D eigenvalue weighted by Gasteiger charge is -2.20. The third-order valence-corrected chi connectivity index (χ3v) is 5.61. The SMILES string of the molecule is CCCCN(C)C(=O)Cn1c(C(C)NC(=O)c2ccc(C)cc2C)nc2ccccc21. The monoisotopic (exact) mass is 420 g/mol. The van der Waals surface area contributed by atoms with Gasteiger partial charge >= 0.3 is 0 Å². The van der Waals surface area contributed by atoms with Gasteiger partial charge in [-0.25, -0.2) is 4.98 Å². The van der Waals surface area contributed by atoms with E-state index >= 15 is 0 Å². The van der Waals surface area contributed by atoms with E-state index in [9.17, 15) is 9.59 Å². The molecule has 0 saturated carbocycles. The van der Waals surface area contributed by atoms with Crippen molar-refractivity contribution in [2.45, 2.75) is 53.1 Å². The molecule has 0 fully saturated rings. The lowest BCUT2D eigenvalue weighted by Crippen LogP contribution is -2.33. The highest BCUT2D eigenvalue weighted by atomic mass is 16.2.